The first kappa shape index (κ1) is 19.9. The van der Waals surface area contributed by atoms with Crippen molar-refractivity contribution in [2.45, 2.75) is 6.42 Å². The normalized spacial score (nSPS) is 30.6. The molecule has 7 nitrogen and oxygen atoms in total. The summed E-state index contributed by atoms with van der Waals surface area (Å²) >= 11 is 0. The summed E-state index contributed by atoms with van der Waals surface area (Å²) in [4.78, 5) is 52.3. The summed E-state index contributed by atoms with van der Waals surface area (Å²) in [5, 5.41) is 2.78. The molecule has 4 aliphatic carbocycles. The van der Waals surface area contributed by atoms with Gasteiger partial charge >= 0.3 is 5.97 Å². The average molecular weight is 442 g/mol. The van der Waals surface area contributed by atoms with Crippen LogP contribution in [0.1, 0.15) is 27.1 Å². The van der Waals surface area contributed by atoms with Crippen molar-refractivity contribution in [2.24, 2.45) is 35.5 Å². The number of imide groups is 1. The first-order valence-corrected chi connectivity index (χ1v) is 11.1. The predicted octanol–water partition coefficient (Wildman–Crippen LogP) is 3.28. The number of ether oxygens (including phenoxy) is 1. The highest BCUT2D eigenvalue weighted by molar-refractivity contribution is 6.23. The van der Waals surface area contributed by atoms with Crippen LogP contribution >= 0.6 is 0 Å². The van der Waals surface area contributed by atoms with Gasteiger partial charge in [0, 0.05) is 11.3 Å². The second-order valence-corrected chi connectivity index (χ2v) is 9.24. The molecule has 2 saturated carbocycles. The highest BCUT2D eigenvalue weighted by atomic mass is 16.5. The molecule has 2 aromatic rings. The van der Waals surface area contributed by atoms with Gasteiger partial charge in [-0.05, 0) is 72.6 Å². The summed E-state index contributed by atoms with van der Waals surface area (Å²) in [5.41, 5.74) is 1.66. The molecule has 0 radical (unpaired) electrons. The van der Waals surface area contributed by atoms with Crippen LogP contribution in [0.2, 0.25) is 0 Å². The zero-order valence-electron chi connectivity index (χ0n) is 17.9. The highest BCUT2D eigenvalue weighted by Gasteiger charge is 2.67. The van der Waals surface area contributed by atoms with Gasteiger partial charge in [-0.3, -0.25) is 14.4 Å². The molecule has 1 aliphatic heterocycles. The van der Waals surface area contributed by atoms with Gasteiger partial charge in [0.2, 0.25) is 11.8 Å². The number of amides is 3. The van der Waals surface area contributed by atoms with Gasteiger partial charge in [0.1, 0.15) is 0 Å². The summed E-state index contributed by atoms with van der Waals surface area (Å²) in [6, 6.07) is 13.0. The van der Waals surface area contributed by atoms with Gasteiger partial charge in [0.15, 0.2) is 0 Å². The third kappa shape index (κ3) is 2.95. The lowest BCUT2D eigenvalue weighted by molar-refractivity contribution is -0.124. The van der Waals surface area contributed by atoms with E-state index in [4.69, 9.17) is 0 Å². The summed E-state index contributed by atoms with van der Waals surface area (Å²) in [5.74, 6) is -0.275. The molecule has 2 aromatic carbocycles. The largest absolute Gasteiger partial charge is 0.465 e. The number of nitrogens with one attached hydrogen (secondary N) is 1. The van der Waals surface area contributed by atoms with E-state index in [1.54, 1.807) is 48.5 Å². The summed E-state index contributed by atoms with van der Waals surface area (Å²) in [6.07, 6.45) is 5.40. The molecule has 0 aromatic heterocycles. The number of carbonyl (C=O) groups excluding carboxylic acids is 4. The van der Waals surface area contributed by atoms with E-state index < -0.39 is 5.97 Å². The van der Waals surface area contributed by atoms with Crippen molar-refractivity contribution in [3.63, 3.8) is 0 Å². The molecule has 166 valence electrons. The second kappa shape index (κ2) is 7.13. The standard InChI is InChI=1S/C26H22N2O5/c1-33-26(32)13-5-7-15(8-6-13)27-23(29)14-3-2-4-16(11-14)28-24(30)21-17-9-10-18(20-12-19(17)20)22(21)25(28)31/h2-11,17-22H,12H2,1H3,(H,27,29)/t17-,18-,19-,20-,21-,22-/m1/s1. The van der Waals surface area contributed by atoms with Gasteiger partial charge in [0.05, 0.1) is 30.2 Å². The Morgan fingerprint density at radius 3 is 2.15 bits per heavy atom. The van der Waals surface area contributed by atoms with Crippen LogP contribution in [0.15, 0.2) is 60.7 Å². The number of benzene rings is 2. The molecule has 33 heavy (non-hydrogen) atoms. The van der Waals surface area contributed by atoms with Crippen molar-refractivity contribution in [2.75, 3.05) is 17.3 Å². The van der Waals surface area contributed by atoms with Gasteiger partial charge in [-0.15, -0.1) is 0 Å². The van der Waals surface area contributed by atoms with Gasteiger partial charge in [-0.2, -0.15) is 0 Å². The molecule has 0 spiro atoms. The Balaban J connectivity index is 1.23. The number of rotatable bonds is 4. The van der Waals surface area contributed by atoms with Crippen molar-refractivity contribution in [3.8, 4) is 0 Å². The topological polar surface area (TPSA) is 92.8 Å². The Bertz CT molecular complexity index is 1200. The zero-order valence-corrected chi connectivity index (χ0v) is 17.9. The lowest BCUT2D eigenvalue weighted by Gasteiger charge is -2.37. The van der Waals surface area contributed by atoms with Gasteiger partial charge < -0.3 is 10.1 Å². The van der Waals surface area contributed by atoms with Crippen molar-refractivity contribution in [1.82, 2.24) is 0 Å². The quantitative estimate of drug-likeness (QED) is 0.446. The fourth-order valence-electron chi connectivity index (χ4n) is 6.01. The number of carbonyl (C=O) groups is 4. The Kier molecular flexibility index (Phi) is 4.30. The van der Waals surface area contributed by atoms with Gasteiger partial charge in [0.25, 0.3) is 5.91 Å². The number of nitrogens with zero attached hydrogens (tertiary/aromatic N) is 1. The Hall–Kier alpha value is -3.74. The smallest absolute Gasteiger partial charge is 0.337 e. The van der Waals surface area contributed by atoms with E-state index in [2.05, 4.69) is 22.2 Å². The first-order valence-electron chi connectivity index (χ1n) is 11.1. The van der Waals surface area contributed by atoms with Crippen LogP contribution in [-0.2, 0) is 14.3 Å². The second-order valence-electron chi connectivity index (χ2n) is 9.24. The van der Waals surface area contributed by atoms with Crippen molar-refractivity contribution >= 4 is 35.1 Å². The summed E-state index contributed by atoms with van der Waals surface area (Å²) in [7, 11) is 1.31. The molecule has 3 fully saturated rings. The van der Waals surface area contributed by atoms with Crippen LogP contribution in [0.5, 0.6) is 0 Å². The maximum atomic E-state index is 13.3. The molecule has 1 N–H and O–H groups in total. The van der Waals surface area contributed by atoms with Crippen LogP contribution in [-0.4, -0.2) is 30.8 Å². The molecule has 1 heterocycles. The van der Waals surface area contributed by atoms with E-state index in [0.29, 0.717) is 34.3 Å². The zero-order chi connectivity index (χ0) is 22.9. The third-order valence-corrected chi connectivity index (χ3v) is 7.59. The van der Waals surface area contributed by atoms with Gasteiger partial charge in [-0.25, -0.2) is 9.69 Å². The monoisotopic (exact) mass is 442 g/mol. The molecule has 2 bridgehead atoms. The van der Waals surface area contributed by atoms with Crippen LogP contribution in [0, 0.1) is 35.5 Å². The van der Waals surface area contributed by atoms with E-state index in [0.717, 1.165) is 6.42 Å². The van der Waals surface area contributed by atoms with E-state index in [-0.39, 0.29) is 41.4 Å². The number of esters is 1. The Morgan fingerprint density at radius 1 is 0.909 bits per heavy atom. The molecule has 1 saturated heterocycles. The molecule has 7 rings (SSSR count). The third-order valence-electron chi connectivity index (χ3n) is 7.59. The van der Waals surface area contributed by atoms with E-state index in [1.807, 2.05) is 0 Å². The number of allylic oxidation sites excluding steroid dienone is 2. The fourth-order valence-corrected chi connectivity index (χ4v) is 6.01. The predicted molar refractivity (Wildman–Crippen MR) is 119 cm³/mol. The highest BCUT2D eigenvalue weighted by Crippen LogP contribution is 2.65. The summed E-state index contributed by atoms with van der Waals surface area (Å²) in [6.45, 7) is 0. The molecule has 6 atom stereocenters. The SMILES string of the molecule is COC(=O)c1ccc(NC(=O)c2cccc(N3C(=O)[C@@H]4[C@@H]5C=C[C@H]([C@H]6C[C@H]56)[C@H]4C3=O)c2)cc1. The maximum absolute atomic E-state index is 13.3. The Labute approximate surface area is 190 Å². The minimum Gasteiger partial charge on any atom is -0.465 e. The molecule has 7 heteroatoms. The number of anilines is 2. The van der Waals surface area contributed by atoms with E-state index in [9.17, 15) is 19.2 Å². The van der Waals surface area contributed by atoms with E-state index >= 15 is 0 Å². The van der Waals surface area contributed by atoms with Gasteiger partial charge in [-0.1, -0.05) is 18.2 Å². The molecule has 3 amide bonds. The fraction of sp³-hybridized carbons (Fsp3) is 0.308. The van der Waals surface area contributed by atoms with Crippen molar-refractivity contribution < 1.29 is 23.9 Å². The van der Waals surface area contributed by atoms with E-state index in [1.165, 1.54) is 12.0 Å². The van der Waals surface area contributed by atoms with Crippen LogP contribution < -0.4 is 10.2 Å². The van der Waals surface area contributed by atoms with Crippen LogP contribution in [0.4, 0.5) is 11.4 Å². The first-order chi connectivity index (χ1) is 16.0. The van der Waals surface area contributed by atoms with Crippen LogP contribution in [0.3, 0.4) is 0 Å². The average Bonchev–Trinajstić information content (AvgIpc) is 3.62. The minimum atomic E-state index is -0.456. The number of hydrogen-bond acceptors (Lipinski definition) is 5. The minimum absolute atomic E-state index is 0.148. The number of hydrogen-bond donors (Lipinski definition) is 1. The summed E-state index contributed by atoms with van der Waals surface area (Å²) < 4.78 is 4.68. The maximum Gasteiger partial charge on any atom is 0.337 e. The van der Waals surface area contributed by atoms with Crippen LogP contribution in [0.25, 0.3) is 0 Å². The molecule has 5 aliphatic rings. The number of methoxy groups -OCH3 is 1. The molecule has 0 unspecified atom stereocenters. The molecular formula is C26H22N2O5. The molecular weight excluding hydrogens is 420 g/mol. The van der Waals surface area contributed by atoms with Crippen molar-refractivity contribution in [3.05, 3.63) is 71.8 Å². The lowest BCUT2D eigenvalue weighted by Crippen LogP contribution is -2.40. The Morgan fingerprint density at radius 2 is 1.55 bits per heavy atom. The lowest BCUT2D eigenvalue weighted by atomic mass is 9.63. The van der Waals surface area contributed by atoms with Crippen molar-refractivity contribution in [1.29, 1.82) is 0 Å².